The van der Waals surface area contributed by atoms with E-state index in [1.54, 1.807) is 37.7 Å². The molecule has 39 heavy (non-hydrogen) atoms. The highest BCUT2D eigenvalue weighted by Crippen LogP contribution is 2.51. The zero-order valence-corrected chi connectivity index (χ0v) is 23.6. The summed E-state index contributed by atoms with van der Waals surface area (Å²) in [6.45, 7) is 8.67. The molecule has 1 N–H and O–H groups in total. The molecule has 6 rings (SSSR count). The first-order chi connectivity index (χ1) is 18.6. The van der Waals surface area contributed by atoms with Gasteiger partial charge in [0.2, 0.25) is 11.8 Å². The van der Waals surface area contributed by atoms with Crippen molar-refractivity contribution in [2.45, 2.75) is 71.9 Å². The van der Waals surface area contributed by atoms with Gasteiger partial charge in [-0.15, -0.1) is 0 Å². The molecule has 208 valence electrons. The standard InChI is InChI=1S/C26H31N3O4.C6H10/c1-18(2)24(31)28-12-10-26(32,25(3,4)16-28)17-29-15-21(23-27-11-13-33-23)20(14-22(29)30)19-8-6-5-7-9-19;1-2-5-4-6(5)3-1/h5-9,11,13-15,18,32H,10,12,16-17H2,1-4H3;5-6H,1-4H2. The summed E-state index contributed by atoms with van der Waals surface area (Å²) in [4.78, 5) is 31.8. The summed E-state index contributed by atoms with van der Waals surface area (Å²) >= 11 is 0. The van der Waals surface area contributed by atoms with Crippen LogP contribution >= 0.6 is 0 Å². The molecular weight excluding hydrogens is 490 g/mol. The third-order valence-corrected chi connectivity index (χ3v) is 8.97. The first-order valence-corrected chi connectivity index (χ1v) is 14.3. The van der Waals surface area contributed by atoms with Gasteiger partial charge in [0.05, 0.1) is 23.9 Å². The molecule has 3 aromatic rings. The van der Waals surface area contributed by atoms with E-state index in [1.165, 1.54) is 29.1 Å². The Labute approximate surface area is 230 Å². The monoisotopic (exact) mass is 531 g/mol. The van der Waals surface area contributed by atoms with Gasteiger partial charge in [-0.05, 0) is 30.2 Å². The van der Waals surface area contributed by atoms with Gasteiger partial charge in [0.1, 0.15) is 6.26 Å². The Morgan fingerprint density at radius 3 is 2.41 bits per heavy atom. The first kappa shape index (κ1) is 27.4. The molecule has 3 unspecified atom stereocenters. The van der Waals surface area contributed by atoms with Crippen molar-refractivity contribution >= 4 is 5.91 Å². The lowest BCUT2D eigenvalue weighted by Crippen LogP contribution is -2.61. The van der Waals surface area contributed by atoms with Gasteiger partial charge >= 0.3 is 0 Å². The Bertz CT molecular complexity index is 1340. The molecule has 2 aromatic heterocycles. The molecule has 3 aliphatic rings. The lowest BCUT2D eigenvalue weighted by Gasteiger charge is -2.50. The zero-order valence-electron chi connectivity index (χ0n) is 23.6. The van der Waals surface area contributed by atoms with Gasteiger partial charge in [-0.3, -0.25) is 9.59 Å². The maximum atomic E-state index is 13.2. The fraction of sp³-hybridized carbons (Fsp3) is 0.531. The van der Waals surface area contributed by atoms with Gasteiger partial charge in [0, 0.05) is 42.2 Å². The third kappa shape index (κ3) is 5.74. The van der Waals surface area contributed by atoms with E-state index < -0.39 is 11.0 Å². The minimum Gasteiger partial charge on any atom is -0.444 e. The predicted octanol–water partition coefficient (Wildman–Crippen LogP) is 5.62. The fourth-order valence-electron chi connectivity index (χ4n) is 6.23. The minimum absolute atomic E-state index is 0.0840. The molecule has 2 saturated carbocycles. The predicted molar refractivity (Wildman–Crippen MR) is 152 cm³/mol. The molecule has 3 heterocycles. The Morgan fingerprint density at radius 1 is 1.15 bits per heavy atom. The maximum Gasteiger partial charge on any atom is 0.251 e. The number of pyridine rings is 1. The van der Waals surface area contributed by atoms with Crippen molar-refractivity contribution in [3.05, 3.63) is 65.4 Å². The second kappa shape index (κ2) is 10.8. The summed E-state index contributed by atoms with van der Waals surface area (Å²) in [7, 11) is 0. The van der Waals surface area contributed by atoms with Gasteiger partial charge in [-0.25, -0.2) is 4.98 Å². The molecule has 0 bridgehead atoms. The van der Waals surface area contributed by atoms with Gasteiger partial charge < -0.3 is 19.0 Å². The molecule has 0 radical (unpaired) electrons. The van der Waals surface area contributed by atoms with Crippen LogP contribution < -0.4 is 5.56 Å². The second-order valence-corrected chi connectivity index (χ2v) is 12.5. The van der Waals surface area contributed by atoms with Crippen LogP contribution in [0.4, 0.5) is 0 Å². The number of fused-ring (bicyclic) bond motifs is 1. The highest BCUT2D eigenvalue weighted by molar-refractivity contribution is 5.79. The number of nitrogens with zero attached hydrogens (tertiary/aromatic N) is 3. The van der Waals surface area contributed by atoms with Gasteiger partial charge in [-0.1, -0.05) is 77.3 Å². The Hall–Kier alpha value is -3.19. The fourth-order valence-corrected chi connectivity index (χ4v) is 6.23. The van der Waals surface area contributed by atoms with Gasteiger partial charge in [-0.2, -0.15) is 0 Å². The second-order valence-electron chi connectivity index (χ2n) is 12.5. The smallest absolute Gasteiger partial charge is 0.251 e. The summed E-state index contributed by atoms with van der Waals surface area (Å²) in [6.07, 6.45) is 11.4. The van der Waals surface area contributed by atoms with Crippen molar-refractivity contribution in [3.63, 3.8) is 0 Å². The maximum absolute atomic E-state index is 13.2. The summed E-state index contributed by atoms with van der Waals surface area (Å²) in [5.41, 5.74) is 0.314. The Morgan fingerprint density at radius 2 is 1.87 bits per heavy atom. The molecule has 7 heteroatoms. The van der Waals surface area contributed by atoms with E-state index in [9.17, 15) is 14.7 Å². The van der Waals surface area contributed by atoms with Crippen molar-refractivity contribution in [1.82, 2.24) is 14.5 Å². The van der Waals surface area contributed by atoms with Crippen LogP contribution in [-0.2, 0) is 11.3 Å². The molecule has 1 amide bonds. The Balaban J connectivity index is 0.000000445. The number of likely N-dealkylation sites (tertiary alicyclic amines) is 1. The van der Waals surface area contributed by atoms with E-state index in [0.717, 1.165) is 11.1 Å². The number of benzene rings is 1. The highest BCUT2D eigenvalue weighted by atomic mass is 16.3. The van der Waals surface area contributed by atoms with E-state index in [4.69, 9.17) is 4.42 Å². The largest absolute Gasteiger partial charge is 0.444 e. The van der Waals surface area contributed by atoms with Crippen LogP contribution in [0.1, 0.15) is 59.8 Å². The van der Waals surface area contributed by atoms with Crippen molar-refractivity contribution in [2.75, 3.05) is 13.1 Å². The number of carbonyl (C=O) groups excluding carboxylic acids is 1. The number of piperidine rings is 1. The average molecular weight is 532 g/mol. The van der Waals surface area contributed by atoms with Crippen LogP contribution in [0.2, 0.25) is 0 Å². The highest BCUT2D eigenvalue weighted by Gasteiger charge is 2.49. The molecule has 2 aliphatic carbocycles. The molecule has 0 spiro atoms. The van der Waals surface area contributed by atoms with Crippen LogP contribution in [0.25, 0.3) is 22.6 Å². The lowest BCUT2D eigenvalue weighted by molar-refractivity contribution is -0.156. The SMILES string of the molecule is C1CC2CC2C1.CC(C)C(=O)N1CCC(O)(Cn2cc(-c3ncco3)c(-c3ccccc3)cc2=O)C(C)(C)C1. The van der Waals surface area contributed by atoms with E-state index in [2.05, 4.69) is 4.98 Å². The van der Waals surface area contributed by atoms with Gasteiger partial charge in [0.25, 0.3) is 5.56 Å². The van der Waals surface area contributed by atoms with Gasteiger partial charge in [0.15, 0.2) is 0 Å². The summed E-state index contributed by atoms with van der Waals surface area (Å²) in [5.74, 6) is 2.82. The van der Waals surface area contributed by atoms with Crippen LogP contribution in [0.3, 0.4) is 0 Å². The normalized spacial score (nSPS) is 25.1. The zero-order chi connectivity index (χ0) is 27.8. The summed E-state index contributed by atoms with van der Waals surface area (Å²) in [6, 6.07) is 11.2. The molecule has 1 saturated heterocycles. The molecule has 1 aromatic carbocycles. The number of aromatic nitrogens is 2. The Kier molecular flexibility index (Phi) is 7.55. The summed E-state index contributed by atoms with van der Waals surface area (Å²) < 4.78 is 7.10. The number of amides is 1. The van der Waals surface area contributed by atoms with Crippen molar-refractivity contribution in [3.8, 4) is 22.6 Å². The van der Waals surface area contributed by atoms with Crippen molar-refractivity contribution in [2.24, 2.45) is 23.2 Å². The number of rotatable bonds is 5. The molecule has 1 aliphatic heterocycles. The number of oxazole rings is 1. The van der Waals surface area contributed by atoms with E-state index in [1.807, 2.05) is 62.9 Å². The van der Waals surface area contributed by atoms with Crippen LogP contribution in [0, 0.1) is 23.2 Å². The summed E-state index contributed by atoms with van der Waals surface area (Å²) in [5, 5.41) is 11.7. The molecular formula is C32H41N3O4. The minimum atomic E-state index is -1.16. The first-order valence-electron chi connectivity index (χ1n) is 14.3. The van der Waals surface area contributed by atoms with E-state index in [-0.39, 0.29) is 23.9 Å². The third-order valence-electron chi connectivity index (χ3n) is 8.97. The van der Waals surface area contributed by atoms with Crippen molar-refractivity contribution in [1.29, 1.82) is 0 Å². The topological polar surface area (TPSA) is 88.6 Å². The number of hydrogen-bond donors (Lipinski definition) is 1. The molecule has 3 fully saturated rings. The number of hydrogen-bond acceptors (Lipinski definition) is 5. The average Bonchev–Trinajstić information content (AvgIpc) is 3.27. The lowest BCUT2D eigenvalue weighted by atomic mass is 9.69. The van der Waals surface area contributed by atoms with Crippen LogP contribution in [-0.4, -0.2) is 44.2 Å². The quantitative estimate of drug-likeness (QED) is 0.462. The molecule has 3 atom stereocenters. The van der Waals surface area contributed by atoms with E-state index in [0.29, 0.717) is 31.0 Å². The molecule has 7 nitrogen and oxygen atoms in total. The number of aliphatic hydroxyl groups is 1. The number of carbonyl (C=O) groups is 1. The van der Waals surface area contributed by atoms with E-state index >= 15 is 0 Å². The van der Waals surface area contributed by atoms with Crippen LogP contribution in [0.15, 0.2) is 64.3 Å². The van der Waals surface area contributed by atoms with Crippen molar-refractivity contribution < 1.29 is 14.3 Å². The van der Waals surface area contributed by atoms with Crippen LogP contribution in [0.5, 0.6) is 0 Å².